The van der Waals surface area contributed by atoms with Gasteiger partial charge in [-0.2, -0.15) is 0 Å². The molecule has 2 fully saturated rings. The molecule has 1 saturated carbocycles. The normalized spacial score (nSPS) is 27.3. The average Bonchev–Trinajstić information content (AvgIpc) is 2.86. The molecule has 1 aliphatic heterocycles. The standard InChI is InChI=1S/C17H34N2O/c1-4-20-16-8-7-11-19(12-16)14-17(9-5-6-10-17)13-18-15(2)3/h15-16,18H,4-14H2,1-3H3. The summed E-state index contributed by atoms with van der Waals surface area (Å²) in [6.45, 7) is 12.4. The Bertz CT molecular complexity index is 272. The van der Waals surface area contributed by atoms with E-state index in [0.29, 0.717) is 17.6 Å². The highest BCUT2D eigenvalue weighted by Crippen LogP contribution is 2.39. The molecular weight excluding hydrogens is 248 g/mol. The number of rotatable bonds is 7. The summed E-state index contributed by atoms with van der Waals surface area (Å²) in [7, 11) is 0. The lowest BCUT2D eigenvalue weighted by molar-refractivity contribution is -0.00657. The molecular formula is C17H34N2O. The molecule has 0 aromatic heterocycles. The summed E-state index contributed by atoms with van der Waals surface area (Å²) in [6.07, 6.45) is 8.68. The number of hydrogen-bond donors (Lipinski definition) is 1. The molecule has 0 aromatic carbocycles. The molecule has 0 aromatic rings. The van der Waals surface area contributed by atoms with E-state index in [1.165, 1.54) is 58.2 Å². The van der Waals surface area contributed by atoms with Crippen LogP contribution in [0, 0.1) is 5.41 Å². The molecule has 2 aliphatic rings. The van der Waals surface area contributed by atoms with Crippen molar-refractivity contribution in [3.05, 3.63) is 0 Å². The lowest BCUT2D eigenvalue weighted by Gasteiger charge is -2.40. The van der Waals surface area contributed by atoms with Gasteiger partial charge >= 0.3 is 0 Å². The van der Waals surface area contributed by atoms with Crippen LogP contribution >= 0.6 is 0 Å². The minimum atomic E-state index is 0.477. The smallest absolute Gasteiger partial charge is 0.0702 e. The summed E-state index contributed by atoms with van der Waals surface area (Å²) in [5, 5.41) is 3.70. The van der Waals surface area contributed by atoms with Crippen molar-refractivity contribution in [3.8, 4) is 0 Å². The maximum absolute atomic E-state index is 5.85. The summed E-state index contributed by atoms with van der Waals surface area (Å²) in [5.41, 5.74) is 0.526. The lowest BCUT2D eigenvalue weighted by Crippen LogP contribution is -2.48. The van der Waals surface area contributed by atoms with Gasteiger partial charge in [0.25, 0.3) is 0 Å². The Balaban J connectivity index is 1.87. The van der Waals surface area contributed by atoms with Crippen LogP contribution < -0.4 is 5.32 Å². The van der Waals surface area contributed by atoms with Crippen LogP contribution in [0.3, 0.4) is 0 Å². The van der Waals surface area contributed by atoms with Crippen molar-refractivity contribution in [2.24, 2.45) is 5.41 Å². The van der Waals surface area contributed by atoms with Crippen molar-refractivity contribution in [3.63, 3.8) is 0 Å². The van der Waals surface area contributed by atoms with E-state index in [9.17, 15) is 0 Å². The minimum absolute atomic E-state index is 0.477. The molecule has 0 radical (unpaired) electrons. The molecule has 2 rings (SSSR count). The van der Waals surface area contributed by atoms with Crippen LogP contribution in [-0.2, 0) is 4.74 Å². The van der Waals surface area contributed by atoms with Gasteiger partial charge < -0.3 is 15.0 Å². The third-order valence-electron chi connectivity index (χ3n) is 4.97. The molecule has 0 bridgehead atoms. The van der Waals surface area contributed by atoms with Gasteiger partial charge in [0.05, 0.1) is 6.10 Å². The second-order valence-corrected chi connectivity index (χ2v) is 7.20. The second-order valence-electron chi connectivity index (χ2n) is 7.20. The molecule has 1 N–H and O–H groups in total. The first-order chi connectivity index (χ1) is 9.63. The largest absolute Gasteiger partial charge is 0.377 e. The van der Waals surface area contributed by atoms with Gasteiger partial charge in [-0.3, -0.25) is 0 Å². The fourth-order valence-electron chi connectivity index (χ4n) is 3.94. The SMILES string of the molecule is CCOC1CCCN(CC2(CNC(C)C)CCCC2)C1. The van der Waals surface area contributed by atoms with E-state index in [0.717, 1.165) is 13.2 Å². The monoisotopic (exact) mass is 282 g/mol. The number of nitrogens with zero attached hydrogens (tertiary/aromatic N) is 1. The zero-order valence-electron chi connectivity index (χ0n) is 13.8. The number of hydrogen-bond acceptors (Lipinski definition) is 3. The van der Waals surface area contributed by atoms with Crippen molar-refractivity contribution >= 4 is 0 Å². The molecule has 20 heavy (non-hydrogen) atoms. The van der Waals surface area contributed by atoms with Gasteiger partial charge in [-0.05, 0) is 44.6 Å². The van der Waals surface area contributed by atoms with Gasteiger partial charge in [-0.25, -0.2) is 0 Å². The Labute approximate surface area is 125 Å². The third-order valence-corrected chi connectivity index (χ3v) is 4.97. The Morgan fingerprint density at radius 3 is 2.65 bits per heavy atom. The van der Waals surface area contributed by atoms with Gasteiger partial charge in [0, 0.05) is 32.3 Å². The molecule has 0 amide bonds. The van der Waals surface area contributed by atoms with Gasteiger partial charge in [-0.1, -0.05) is 26.7 Å². The zero-order valence-corrected chi connectivity index (χ0v) is 13.8. The highest BCUT2D eigenvalue weighted by Gasteiger charge is 2.36. The fraction of sp³-hybridized carbons (Fsp3) is 1.00. The summed E-state index contributed by atoms with van der Waals surface area (Å²) >= 11 is 0. The van der Waals surface area contributed by atoms with Crippen molar-refractivity contribution < 1.29 is 4.74 Å². The van der Waals surface area contributed by atoms with E-state index >= 15 is 0 Å². The van der Waals surface area contributed by atoms with E-state index in [4.69, 9.17) is 4.74 Å². The maximum atomic E-state index is 5.85. The van der Waals surface area contributed by atoms with Crippen LogP contribution in [0.4, 0.5) is 0 Å². The van der Waals surface area contributed by atoms with E-state index in [1.54, 1.807) is 0 Å². The zero-order chi connectivity index (χ0) is 14.4. The van der Waals surface area contributed by atoms with Crippen molar-refractivity contribution in [2.75, 3.05) is 32.8 Å². The molecule has 3 heteroatoms. The number of piperidine rings is 1. The van der Waals surface area contributed by atoms with Crippen molar-refractivity contribution in [2.45, 2.75) is 71.4 Å². The molecule has 118 valence electrons. The second kappa shape index (κ2) is 7.77. The lowest BCUT2D eigenvalue weighted by atomic mass is 9.84. The van der Waals surface area contributed by atoms with E-state index in [1.807, 2.05) is 0 Å². The van der Waals surface area contributed by atoms with Gasteiger partial charge in [0.2, 0.25) is 0 Å². The summed E-state index contributed by atoms with van der Waals surface area (Å²) in [5.74, 6) is 0. The van der Waals surface area contributed by atoms with Crippen molar-refractivity contribution in [1.82, 2.24) is 10.2 Å². The van der Waals surface area contributed by atoms with E-state index in [2.05, 4.69) is 31.0 Å². The first kappa shape index (κ1) is 16.3. The Morgan fingerprint density at radius 2 is 2.00 bits per heavy atom. The van der Waals surface area contributed by atoms with Crippen LogP contribution in [0.5, 0.6) is 0 Å². The molecule has 1 heterocycles. The average molecular weight is 282 g/mol. The van der Waals surface area contributed by atoms with Crippen LogP contribution in [0.15, 0.2) is 0 Å². The highest BCUT2D eigenvalue weighted by molar-refractivity contribution is 4.91. The van der Waals surface area contributed by atoms with Crippen LogP contribution in [0.1, 0.15) is 59.3 Å². The first-order valence-electron chi connectivity index (χ1n) is 8.71. The molecule has 1 saturated heterocycles. The Kier molecular flexibility index (Phi) is 6.31. The quantitative estimate of drug-likeness (QED) is 0.777. The predicted molar refractivity (Wildman–Crippen MR) is 85.1 cm³/mol. The predicted octanol–water partition coefficient (Wildman–Crippen LogP) is 3.05. The number of ether oxygens (including phenoxy) is 1. The molecule has 3 nitrogen and oxygen atoms in total. The fourth-order valence-corrected chi connectivity index (χ4v) is 3.94. The Hall–Kier alpha value is -0.120. The third kappa shape index (κ3) is 4.71. The van der Waals surface area contributed by atoms with Crippen molar-refractivity contribution in [1.29, 1.82) is 0 Å². The molecule has 1 aliphatic carbocycles. The molecule has 0 spiro atoms. The van der Waals surface area contributed by atoms with Crippen LogP contribution in [-0.4, -0.2) is 49.8 Å². The van der Waals surface area contributed by atoms with Crippen LogP contribution in [0.25, 0.3) is 0 Å². The number of likely N-dealkylation sites (tertiary alicyclic amines) is 1. The topological polar surface area (TPSA) is 24.5 Å². The van der Waals surface area contributed by atoms with E-state index in [-0.39, 0.29) is 0 Å². The van der Waals surface area contributed by atoms with Gasteiger partial charge in [0.1, 0.15) is 0 Å². The first-order valence-corrected chi connectivity index (χ1v) is 8.71. The van der Waals surface area contributed by atoms with E-state index < -0.39 is 0 Å². The summed E-state index contributed by atoms with van der Waals surface area (Å²) in [6, 6.07) is 0.602. The summed E-state index contributed by atoms with van der Waals surface area (Å²) in [4.78, 5) is 2.68. The minimum Gasteiger partial charge on any atom is -0.377 e. The maximum Gasteiger partial charge on any atom is 0.0702 e. The molecule has 1 unspecified atom stereocenters. The Morgan fingerprint density at radius 1 is 1.25 bits per heavy atom. The van der Waals surface area contributed by atoms with Crippen LogP contribution in [0.2, 0.25) is 0 Å². The van der Waals surface area contributed by atoms with Gasteiger partial charge in [-0.15, -0.1) is 0 Å². The summed E-state index contributed by atoms with van der Waals surface area (Å²) < 4.78 is 5.85. The molecule has 1 atom stereocenters. The van der Waals surface area contributed by atoms with Gasteiger partial charge in [0.15, 0.2) is 0 Å². The highest BCUT2D eigenvalue weighted by atomic mass is 16.5. The number of nitrogens with one attached hydrogen (secondary N) is 1.